The highest BCUT2D eigenvalue weighted by atomic mass is 127. The standard InChI is InChI=1S/C21H25N5O2.HI/c1-2-23-21(24-13-15-8-10-16(11-9-15)20(22)28)25-17-12-19(27)26(14-17)18-6-4-3-5-7-18;/h3-11,17H,2,12-14H2,1H3,(H2,22,28)(H2,23,24,25);1H. The number of anilines is 1. The van der Waals surface area contributed by atoms with E-state index >= 15 is 0 Å². The van der Waals surface area contributed by atoms with Crippen molar-refractivity contribution in [2.45, 2.75) is 25.9 Å². The molecule has 1 atom stereocenters. The second-order valence-corrected chi connectivity index (χ2v) is 6.64. The van der Waals surface area contributed by atoms with Crippen LogP contribution < -0.4 is 21.3 Å². The first kappa shape index (κ1) is 22.7. The average molecular weight is 507 g/mol. The van der Waals surface area contributed by atoms with Crippen LogP contribution in [0.2, 0.25) is 0 Å². The Balaban J connectivity index is 0.00000300. The molecule has 29 heavy (non-hydrogen) atoms. The molecule has 1 aliphatic heterocycles. The molecule has 1 unspecified atom stereocenters. The second kappa shape index (κ2) is 10.8. The van der Waals surface area contributed by atoms with Crippen LogP contribution in [-0.4, -0.2) is 36.9 Å². The largest absolute Gasteiger partial charge is 0.366 e. The van der Waals surface area contributed by atoms with Crippen molar-refractivity contribution in [3.8, 4) is 0 Å². The summed E-state index contributed by atoms with van der Waals surface area (Å²) in [7, 11) is 0. The predicted octanol–water partition coefficient (Wildman–Crippen LogP) is 2.26. The number of primary amides is 1. The predicted molar refractivity (Wildman–Crippen MR) is 126 cm³/mol. The van der Waals surface area contributed by atoms with Crippen LogP contribution in [0.15, 0.2) is 59.6 Å². The number of benzene rings is 2. The molecule has 0 bridgehead atoms. The van der Waals surface area contributed by atoms with E-state index in [1.54, 1.807) is 17.0 Å². The van der Waals surface area contributed by atoms with Crippen LogP contribution in [0.1, 0.15) is 29.3 Å². The van der Waals surface area contributed by atoms with Crippen molar-refractivity contribution in [3.63, 3.8) is 0 Å². The maximum Gasteiger partial charge on any atom is 0.248 e. The monoisotopic (exact) mass is 507 g/mol. The third-order valence-corrected chi connectivity index (χ3v) is 4.54. The third kappa shape index (κ3) is 6.18. The SMILES string of the molecule is CCNC(=NCc1ccc(C(N)=O)cc1)NC1CC(=O)N(c2ccccc2)C1.I. The molecule has 2 aromatic carbocycles. The highest BCUT2D eigenvalue weighted by Crippen LogP contribution is 2.21. The lowest BCUT2D eigenvalue weighted by molar-refractivity contribution is -0.117. The number of nitrogens with one attached hydrogen (secondary N) is 2. The summed E-state index contributed by atoms with van der Waals surface area (Å²) in [5.41, 5.74) is 7.62. The van der Waals surface area contributed by atoms with E-state index in [0.29, 0.717) is 31.0 Å². The van der Waals surface area contributed by atoms with Gasteiger partial charge in [-0.1, -0.05) is 30.3 Å². The molecule has 1 aliphatic rings. The van der Waals surface area contributed by atoms with Crippen LogP contribution in [0.25, 0.3) is 0 Å². The fraction of sp³-hybridized carbons (Fsp3) is 0.286. The molecule has 3 rings (SSSR count). The molecule has 1 fully saturated rings. The fourth-order valence-electron chi connectivity index (χ4n) is 3.12. The van der Waals surface area contributed by atoms with Crippen LogP contribution in [0.3, 0.4) is 0 Å². The number of nitrogens with two attached hydrogens (primary N) is 1. The first-order valence-electron chi connectivity index (χ1n) is 9.36. The third-order valence-electron chi connectivity index (χ3n) is 4.54. The van der Waals surface area contributed by atoms with Crippen molar-refractivity contribution in [1.29, 1.82) is 0 Å². The number of carbonyl (C=O) groups is 2. The summed E-state index contributed by atoms with van der Waals surface area (Å²) in [5, 5.41) is 6.56. The quantitative estimate of drug-likeness (QED) is 0.318. The number of para-hydroxylation sites is 1. The average Bonchev–Trinajstić information content (AvgIpc) is 3.07. The van der Waals surface area contributed by atoms with E-state index in [1.165, 1.54) is 0 Å². The van der Waals surface area contributed by atoms with Gasteiger partial charge in [0.25, 0.3) is 0 Å². The van der Waals surface area contributed by atoms with E-state index < -0.39 is 5.91 Å². The molecule has 0 saturated carbocycles. The molecular weight excluding hydrogens is 481 g/mol. The minimum Gasteiger partial charge on any atom is -0.366 e. The second-order valence-electron chi connectivity index (χ2n) is 6.64. The van der Waals surface area contributed by atoms with Gasteiger partial charge >= 0.3 is 0 Å². The molecule has 2 aromatic rings. The van der Waals surface area contributed by atoms with Gasteiger partial charge < -0.3 is 21.3 Å². The Kier molecular flexibility index (Phi) is 8.44. The summed E-state index contributed by atoms with van der Waals surface area (Å²) in [6.45, 7) is 3.77. The van der Waals surface area contributed by atoms with Crippen molar-refractivity contribution in [1.82, 2.24) is 10.6 Å². The molecule has 8 heteroatoms. The van der Waals surface area contributed by atoms with Gasteiger partial charge in [-0.25, -0.2) is 4.99 Å². The molecule has 4 N–H and O–H groups in total. The zero-order valence-corrected chi connectivity index (χ0v) is 18.6. The van der Waals surface area contributed by atoms with Gasteiger partial charge in [0.2, 0.25) is 11.8 Å². The summed E-state index contributed by atoms with van der Waals surface area (Å²) in [5.74, 6) is 0.315. The summed E-state index contributed by atoms with van der Waals surface area (Å²) in [4.78, 5) is 29.9. The van der Waals surface area contributed by atoms with Crippen molar-refractivity contribution >= 4 is 47.4 Å². The van der Waals surface area contributed by atoms with Gasteiger partial charge in [-0.15, -0.1) is 24.0 Å². The Morgan fingerprint density at radius 2 is 1.86 bits per heavy atom. The van der Waals surface area contributed by atoms with E-state index in [9.17, 15) is 9.59 Å². The number of guanidine groups is 1. The zero-order valence-electron chi connectivity index (χ0n) is 16.3. The number of aliphatic imine (C=N–C) groups is 1. The smallest absolute Gasteiger partial charge is 0.248 e. The summed E-state index contributed by atoms with van der Waals surface area (Å²) in [6.07, 6.45) is 0.423. The highest BCUT2D eigenvalue weighted by molar-refractivity contribution is 14.0. The van der Waals surface area contributed by atoms with Gasteiger partial charge in [0.15, 0.2) is 5.96 Å². The van der Waals surface area contributed by atoms with Gasteiger partial charge in [0.05, 0.1) is 12.6 Å². The summed E-state index contributed by atoms with van der Waals surface area (Å²) >= 11 is 0. The van der Waals surface area contributed by atoms with Crippen molar-refractivity contribution < 1.29 is 9.59 Å². The lowest BCUT2D eigenvalue weighted by Gasteiger charge is -2.19. The lowest BCUT2D eigenvalue weighted by Crippen LogP contribution is -2.44. The highest BCUT2D eigenvalue weighted by Gasteiger charge is 2.31. The van der Waals surface area contributed by atoms with Crippen LogP contribution >= 0.6 is 24.0 Å². The number of rotatable bonds is 6. The number of hydrogen-bond donors (Lipinski definition) is 3. The number of nitrogens with zero attached hydrogens (tertiary/aromatic N) is 2. The Morgan fingerprint density at radius 3 is 2.48 bits per heavy atom. The van der Waals surface area contributed by atoms with Gasteiger partial charge in [-0.2, -0.15) is 0 Å². The van der Waals surface area contributed by atoms with Crippen LogP contribution in [0.5, 0.6) is 0 Å². The van der Waals surface area contributed by atoms with E-state index in [0.717, 1.165) is 17.8 Å². The summed E-state index contributed by atoms with van der Waals surface area (Å²) in [6, 6.07) is 16.7. The number of halogens is 1. The Bertz CT molecular complexity index is 855. The van der Waals surface area contributed by atoms with Crippen molar-refractivity contribution in [3.05, 3.63) is 65.7 Å². The van der Waals surface area contributed by atoms with E-state index in [-0.39, 0.29) is 35.9 Å². The first-order chi connectivity index (χ1) is 13.6. The Morgan fingerprint density at radius 1 is 1.17 bits per heavy atom. The van der Waals surface area contributed by atoms with Gasteiger partial charge in [0.1, 0.15) is 0 Å². The molecule has 0 spiro atoms. The normalized spacial score (nSPS) is 16.3. The molecule has 1 heterocycles. The molecule has 0 radical (unpaired) electrons. The molecule has 1 saturated heterocycles. The van der Waals surface area contributed by atoms with Crippen LogP contribution in [0, 0.1) is 0 Å². The van der Waals surface area contributed by atoms with E-state index in [2.05, 4.69) is 15.6 Å². The molecule has 154 valence electrons. The lowest BCUT2D eigenvalue weighted by atomic mass is 10.1. The molecular formula is C21H26IN5O2. The Labute approximate surface area is 187 Å². The molecule has 0 aliphatic carbocycles. The van der Waals surface area contributed by atoms with Crippen LogP contribution in [-0.2, 0) is 11.3 Å². The maximum absolute atomic E-state index is 12.4. The minimum absolute atomic E-state index is 0. The molecule has 7 nitrogen and oxygen atoms in total. The Hall–Kier alpha value is -2.62. The zero-order chi connectivity index (χ0) is 19.9. The van der Waals surface area contributed by atoms with E-state index in [1.807, 2.05) is 49.4 Å². The molecule has 0 aromatic heterocycles. The van der Waals surface area contributed by atoms with Crippen molar-refractivity contribution in [2.24, 2.45) is 10.7 Å². The number of hydrogen-bond acceptors (Lipinski definition) is 3. The van der Waals surface area contributed by atoms with Gasteiger partial charge in [-0.05, 0) is 36.8 Å². The van der Waals surface area contributed by atoms with E-state index in [4.69, 9.17) is 5.73 Å². The molecule has 2 amide bonds. The fourth-order valence-corrected chi connectivity index (χ4v) is 3.12. The summed E-state index contributed by atoms with van der Waals surface area (Å²) < 4.78 is 0. The number of carbonyl (C=O) groups excluding carboxylic acids is 2. The minimum atomic E-state index is -0.445. The van der Waals surface area contributed by atoms with Gasteiger partial charge in [0, 0.05) is 30.8 Å². The van der Waals surface area contributed by atoms with Crippen LogP contribution in [0.4, 0.5) is 5.69 Å². The maximum atomic E-state index is 12.4. The van der Waals surface area contributed by atoms with Crippen molar-refractivity contribution in [2.75, 3.05) is 18.0 Å². The number of amides is 2. The van der Waals surface area contributed by atoms with Gasteiger partial charge in [-0.3, -0.25) is 9.59 Å². The first-order valence-corrected chi connectivity index (χ1v) is 9.36. The topological polar surface area (TPSA) is 99.8 Å².